The molecule has 0 unspecified atom stereocenters. The number of hydrogen-bond acceptors (Lipinski definition) is 5. The first-order valence-corrected chi connectivity index (χ1v) is 9.60. The Morgan fingerprint density at radius 2 is 2.18 bits per heavy atom. The highest BCUT2D eigenvalue weighted by Crippen LogP contribution is 2.34. The molecule has 0 saturated heterocycles. The summed E-state index contributed by atoms with van der Waals surface area (Å²) in [5.74, 6) is -1.19. The number of allylic oxidation sites excluding steroid dienone is 1. The zero-order valence-electron chi connectivity index (χ0n) is 14.6. The minimum Gasteiger partial charge on any atom is -0.477 e. The molecule has 142 valence electrons. The molecule has 1 amide bonds. The Labute approximate surface area is 169 Å². The highest BCUT2D eigenvalue weighted by molar-refractivity contribution is 7.10. The second-order valence-electron chi connectivity index (χ2n) is 6.24. The van der Waals surface area contributed by atoms with E-state index in [0.29, 0.717) is 16.5 Å². The SMILES string of the molecule is Cc1ccc(NC(=O)c2cnn3c2NC(C(=O)O)=C[C@H]3c2cccs2)cc1Cl. The van der Waals surface area contributed by atoms with E-state index in [0.717, 1.165) is 10.4 Å². The summed E-state index contributed by atoms with van der Waals surface area (Å²) in [5.41, 5.74) is 1.68. The average molecular weight is 415 g/mol. The fourth-order valence-electron chi connectivity index (χ4n) is 2.92. The van der Waals surface area contributed by atoms with Crippen molar-refractivity contribution in [2.45, 2.75) is 13.0 Å². The van der Waals surface area contributed by atoms with Gasteiger partial charge < -0.3 is 15.7 Å². The maximum atomic E-state index is 12.8. The molecule has 7 nitrogen and oxygen atoms in total. The molecule has 1 aromatic carbocycles. The van der Waals surface area contributed by atoms with Crippen molar-refractivity contribution in [3.63, 3.8) is 0 Å². The zero-order chi connectivity index (χ0) is 19.8. The summed E-state index contributed by atoms with van der Waals surface area (Å²) in [6.07, 6.45) is 3.00. The number of hydrogen-bond donors (Lipinski definition) is 3. The molecule has 28 heavy (non-hydrogen) atoms. The minimum absolute atomic E-state index is 0.00108. The van der Waals surface area contributed by atoms with Crippen molar-refractivity contribution in [1.29, 1.82) is 0 Å². The third-order valence-electron chi connectivity index (χ3n) is 4.38. The number of carboxylic acids is 1. The molecule has 0 aliphatic carbocycles. The van der Waals surface area contributed by atoms with Gasteiger partial charge in [-0.25, -0.2) is 9.48 Å². The maximum absolute atomic E-state index is 12.8. The molecule has 0 saturated carbocycles. The van der Waals surface area contributed by atoms with Gasteiger partial charge in [0.15, 0.2) is 0 Å². The highest BCUT2D eigenvalue weighted by atomic mass is 35.5. The van der Waals surface area contributed by atoms with Gasteiger partial charge in [0.05, 0.1) is 6.20 Å². The van der Waals surface area contributed by atoms with E-state index in [1.165, 1.54) is 17.5 Å². The van der Waals surface area contributed by atoms with Crippen LogP contribution in [0.15, 0.2) is 53.7 Å². The number of thiophene rings is 1. The van der Waals surface area contributed by atoms with E-state index >= 15 is 0 Å². The van der Waals surface area contributed by atoms with Crippen molar-refractivity contribution in [2.24, 2.45) is 0 Å². The van der Waals surface area contributed by atoms with Crippen LogP contribution in [-0.2, 0) is 4.79 Å². The number of benzene rings is 1. The molecule has 0 fully saturated rings. The van der Waals surface area contributed by atoms with E-state index < -0.39 is 17.9 Å². The van der Waals surface area contributed by atoms with Crippen LogP contribution in [0.25, 0.3) is 0 Å². The Balaban J connectivity index is 1.69. The number of anilines is 2. The number of fused-ring (bicyclic) bond motifs is 1. The standard InChI is InChI=1S/C19H15ClN4O3S/c1-10-4-5-11(7-13(10)20)22-18(25)12-9-21-24-15(16-3-2-6-28-16)8-14(19(26)27)23-17(12)24/h2-9,15,23H,1H3,(H,22,25)(H,26,27)/t15-/m0/s1. The molecule has 1 aliphatic rings. The Kier molecular flexibility index (Phi) is 4.66. The normalized spacial score (nSPS) is 15.4. The largest absolute Gasteiger partial charge is 0.477 e. The number of aryl methyl sites for hydroxylation is 1. The number of aromatic nitrogens is 2. The number of carbonyl (C=O) groups excluding carboxylic acids is 1. The second kappa shape index (κ2) is 7.14. The first kappa shape index (κ1) is 18.3. The molecule has 3 N–H and O–H groups in total. The molecule has 3 aromatic rings. The minimum atomic E-state index is -1.11. The van der Waals surface area contributed by atoms with E-state index in [1.807, 2.05) is 30.5 Å². The van der Waals surface area contributed by atoms with Crippen molar-refractivity contribution in [2.75, 3.05) is 10.6 Å². The van der Waals surface area contributed by atoms with E-state index in [9.17, 15) is 14.7 Å². The van der Waals surface area contributed by atoms with Gasteiger partial charge >= 0.3 is 5.97 Å². The van der Waals surface area contributed by atoms with Crippen LogP contribution in [0, 0.1) is 6.92 Å². The van der Waals surface area contributed by atoms with Crippen LogP contribution < -0.4 is 10.6 Å². The molecule has 4 rings (SSSR count). The number of aliphatic carboxylic acids is 1. The molecule has 0 bridgehead atoms. The molecule has 0 spiro atoms. The van der Waals surface area contributed by atoms with Crippen molar-refractivity contribution >= 4 is 46.3 Å². The second-order valence-corrected chi connectivity index (χ2v) is 7.63. The summed E-state index contributed by atoms with van der Waals surface area (Å²) < 4.78 is 1.61. The van der Waals surface area contributed by atoms with Gasteiger partial charge in [-0.3, -0.25) is 4.79 Å². The van der Waals surface area contributed by atoms with Gasteiger partial charge in [-0.1, -0.05) is 23.7 Å². The quantitative estimate of drug-likeness (QED) is 0.596. The average Bonchev–Trinajstić information content (AvgIpc) is 3.33. The third-order valence-corrected chi connectivity index (χ3v) is 5.73. The van der Waals surface area contributed by atoms with Gasteiger partial charge in [0.1, 0.15) is 23.1 Å². The Bertz CT molecular complexity index is 1100. The van der Waals surface area contributed by atoms with E-state index in [4.69, 9.17) is 11.6 Å². The van der Waals surface area contributed by atoms with Gasteiger partial charge in [-0.05, 0) is 42.1 Å². The maximum Gasteiger partial charge on any atom is 0.352 e. The molecule has 9 heteroatoms. The molecule has 3 heterocycles. The summed E-state index contributed by atoms with van der Waals surface area (Å²) in [7, 11) is 0. The molecular formula is C19H15ClN4O3S. The van der Waals surface area contributed by atoms with E-state index in [1.54, 1.807) is 22.9 Å². The molecule has 1 atom stereocenters. The molecule has 2 aromatic heterocycles. The van der Waals surface area contributed by atoms with Crippen molar-refractivity contribution in [3.8, 4) is 0 Å². The first-order valence-electron chi connectivity index (χ1n) is 8.34. The Hall–Kier alpha value is -3.10. The van der Waals surface area contributed by atoms with Crippen LogP contribution in [0.5, 0.6) is 0 Å². The number of amides is 1. The Morgan fingerprint density at radius 1 is 1.36 bits per heavy atom. The number of nitrogens with zero attached hydrogens (tertiary/aromatic N) is 2. The van der Waals surface area contributed by atoms with Crippen molar-refractivity contribution in [3.05, 3.63) is 74.7 Å². The lowest BCUT2D eigenvalue weighted by Gasteiger charge is -2.23. The fourth-order valence-corrected chi connectivity index (χ4v) is 3.88. The first-order chi connectivity index (χ1) is 13.4. The monoisotopic (exact) mass is 414 g/mol. The topological polar surface area (TPSA) is 96.3 Å². The van der Waals surface area contributed by atoms with Gasteiger partial charge in [0, 0.05) is 15.6 Å². The predicted molar refractivity (Wildman–Crippen MR) is 108 cm³/mol. The van der Waals surface area contributed by atoms with Gasteiger partial charge in [-0.15, -0.1) is 11.3 Å². The number of carbonyl (C=O) groups is 2. The van der Waals surface area contributed by atoms with Crippen LogP contribution in [-0.4, -0.2) is 26.8 Å². The number of carboxylic acid groups (broad SMARTS) is 1. The fraction of sp³-hybridized carbons (Fsp3) is 0.105. The lowest BCUT2D eigenvalue weighted by Crippen LogP contribution is -2.25. The molecule has 1 aliphatic heterocycles. The lowest BCUT2D eigenvalue weighted by molar-refractivity contribution is -0.132. The highest BCUT2D eigenvalue weighted by Gasteiger charge is 2.29. The predicted octanol–water partition coefficient (Wildman–Crippen LogP) is 4.14. The summed E-state index contributed by atoms with van der Waals surface area (Å²) >= 11 is 7.60. The lowest BCUT2D eigenvalue weighted by atomic mass is 10.1. The summed E-state index contributed by atoms with van der Waals surface area (Å²) in [6, 6.07) is 8.60. The zero-order valence-corrected chi connectivity index (χ0v) is 16.2. The Morgan fingerprint density at radius 3 is 2.86 bits per heavy atom. The molecule has 0 radical (unpaired) electrons. The van der Waals surface area contributed by atoms with Gasteiger partial charge in [0.25, 0.3) is 5.91 Å². The smallest absolute Gasteiger partial charge is 0.352 e. The number of halogens is 1. The van der Waals surface area contributed by atoms with Crippen LogP contribution in [0.1, 0.15) is 26.8 Å². The van der Waals surface area contributed by atoms with Crippen LogP contribution in [0.2, 0.25) is 5.02 Å². The van der Waals surface area contributed by atoms with Gasteiger partial charge in [0.2, 0.25) is 0 Å². The van der Waals surface area contributed by atoms with Crippen molar-refractivity contribution < 1.29 is 14.7 Å². The molecular weight excluding hydrogens is 400 g/mol. The van der Waals surface area contributed by atoms with Crippen LogP contribution >= 0.6 is 22.9 Å². The summed E-state index contributed by atoms with van der Waals surface area (Å²) in [6.45, 7) is 1.87. The van der Waals surface area contributed by atoms with E-state index in [-0.39, 0.29) is 11.3 Å². The van der Waals surface area contributed by atoms with Gasteiger partial charge in [-0.2, -0.15) is 5.10 Å². The van der Waals surface area contributed by atoms with Crippen molar-refractivity contribution in [1.82, 2.24) is 9.78 Å². The third kappa shape index (κ3) is 3.28. The number of nitrogens with one attached hydrogen (secondary N) is 2. The number of rotatable bonds is 4. The van der Waals surface area contributed by atoms with Crippen LogP contribution in [0.4, 0.5) is 11.5 Å². The van der Waals surface area contributed by atoms with Crippen LogP contribution in [0.3, 0.4) is 0 Å². The summed E-state index contributed by atoms with van der Waals surface area (Å²) in [4.78, 5) is 25.3. The summed E-state index contributed by atoms with van der Waals surface area (Å²) in [5, 5.41) is 21.8. The van der Waals surface area contributed by atoms with E-state index in [2.05, 4.69) is 15.7 Å².